The molecule has 1 aliphatic heterocycles. The van der Waals surface area contributed by atoms with Crippen LogP contribution in [0.2, 0.25) is 0 Å². The molecule has 0 radical (unpaired) electrons. The molecule has 1 heterocycles. The Bertz CT molecular complexity index is 1080. The van der Waals surface area contributed by atoms with Crippen molar-refractivity contribution >= 4 is 16.7 Å². The van der Waals surface area contributed by atoms with Gasteiger partial charge in [0.05, 0.1) is 0 Å². The topological polar surface area (TPSA) is 55.6 Å². The van der Waals surface area contributed by atoms with Crippen LogP contribution in [0.5, 0.6) is 0 Å². The van der Waals surface area contributed by atoms with E-state index in [1.807, 2.05) is 19.2 Å². The fourth-order valence-electron chi connectivity index (χ4n) is 5.88. The molecule has 2 fully saturated rings. The molecule has 5 rings (SSSR count). The smallest absolute Gasteiger partial charge is 0.248 e. The van der Waals surface area contributed by atoms with Gasteiger partial charge in [0.25, 0.3) is 0 Å². The number of primary amides is 1. The van der Waals surface area contributed by atoms with Crippen molar-refractivity contribution in [2.45, 2.75) is 25.0 Å². The maximum absolute atomic E-state index is 11.7. The molecule has 2 N–H and O–H groups in total. The largest absolute Gasteiger partial charge is 0.373 e. The zero-order valence-corrected chi connectivity index (χ0v) is 17.4. The van der Waals surface area contributed by atoms with Crippen molar-refractivity contribution in [3.8, 4) is 0 Å². The average molecular weight is 401 g/mol. The monoisotopic (exact) mass is 400 g/mol. The van der Waals surface area contributed by atoms with Gasteiger partial charge in [-0.3, -0.25) is 9.69 Å². The minimum atomic E-state index is -0.385. The third-order valence-corrected chi connectivity index (χ3v) is 7.19. The summed E-state index contributed by atoms with van der Waals surface area (Å²) in [6.45, 7) is 2.95. The molecule has 2 bridgehead atoms. The summed E-state index contributed by atoms with van der Waals surface area (Å²) in [6.07, 6.45) is 2.29. The fraction of sp³-hybridized carbons (Fsp3) is 0.346. The molecule has 154 valence electrons. The van der Waals surface area contributed by atoms with E-state index in [1.165, 1.54) is 16.3 Å². The lowest BCUT2D eigenvalue weighted by molar-refractivity contribution is -0.120. The number of carbonyl (C=O) groups excluding carboxylic acids is 1. The molecule has 30 heavy (non-hydrogen) atoms. The number of likely N-dealkylation sites (tertiary alicyclic amines) is 1. The Labute approximate surface area is 177 Å². The Morgan fingerprint density at radius 2 is 1.73 bits per heavy atom. The lowest BCUT2D eigenvalue weighted by atomic mass is 9.74. The molecule has 4 heteroatoms. The number of methoxy groups -OCH3 is 1. The number of amides is 1. The van der Waals surface area contributed by atoms with Crippen LogP contribution in [0.4, 0.5) is 0 Å². The van der Waals surface area contributed by atoms with Gasteiger partial charge in [-0.2, -0.15) is 0 Å². The van der Waals surface area contributed by atoms with Crippen molar-refractivity contribution in [3.05, 3.63) is 83.4 Å². The first kappa shape index (κ1) is 19.3. The Morgan fingerprint density at radius 3 is 2.43 bits per heavy atom. The van der Waals surface area contributed by atoms with E-state index in [9.17, 15) is 4.79 Å². The van der Waals surface area contributed by atoms with Crippen LogP contribution in [0.1, 0.15) is 34.3 Å². The molecule has 1 saturated heterocycles. The Balaban J connectivity index is 1.40. The van der Waals surface area contributed by atoms with Gasteiger partial charge in [0.2, 0.25) is 5.91 Å². The molecule has 0 spiro atoms. The summed E-state index contributed by atoms with van der Waals surface area (Å²) in [6, 6.07) is 23.1. The van der Waals surface area contributed by atoms with Gasteiger partial charge in [0.1, 0.15) is 5.60 Å². The standard InChI is InChI=1S/C26H28N2O2/c1-30-26(22-8-4-7-21(14-22)25(27)29)23-11-12-24(26)17-28(16-23)15-18-9-10-19-5-2-3-6-20(19)13-18/h2-10,13-14,23-24H,11-12,15-17H2,1H3,(H2,27,29). The Kier molecular flexibility index (Phi) is 4.84. The van der Waals surface area contributed by atoms with Crippen molar-refractivity contribution in [1.29, 1.82) is 0 Å². The second kappa shape index (κ2) is 7.53. The first-order valence-electron chi connectivity index (χ1n) is 10.8. The van der Waals surface area contributed by atoms with E-state index < -0.39 is 0 Å². The van der Waals surface area contributed by atoms with Crippen LogP contribution in [0.25, 0.3) is 10.8 Å². The van der Waals surface area contributed by atoms with E-state index in [0.717, 1.165) is 38.0 Å². The molecule has 3 aromatic carbocycles. The van der Waals surface area contributed by atoms with E-state index in [1.54, 1.807) is 6.07 Å². The number of nitrogens with zero attached hydrogens (tertiary/aromatic N) is 1. The van der Waals surface area contributed by atoms with Crippen LogP contribution in [0.15, 0.2) is 66.7 Å². The summed E-state index contributed by atoms with van der Waals surface area (Å²) in [5.74, 6) is 0.429. The summed E-state index contributed by atoms with van der Waals surface area (Å²) < 4.78 is 6.26. The van der Waals surface area contributed by atoms with Crippen LogP contribution in [-0.4, -0.2) is 31.0 Å². The van der Waals surface area contributed by atoms with E-state index >= 15 is 0 Å². The van der Waals surface area contributed by atoms with Gasteiger partial charge >= 0.3 is 0 Å². The van der Waals surface area contributed by atoms with Crippen molar-refractivity contribution < 1.29 is 9.53 Å². The highest BCUT2D eigenvalue weighted by molar-refractivity contribution is 5.93. The molecule has 2 aliphatic rings. The molecule has 4 nitrogen and oxygen atoms in total. The molecule has 1 amide bonds. The number of nitrogens with two attached hydrogens (primary N) is 1. The van der Waals surface area contributed by atoms with Crippen LogP contribution in [0, 0.1) is 11.8 Å². The van der Waals surface area contributed by atoms with Crippen LogP contribution < -0.4 is 5.73 Å². The lowest BCUT2D eigenvalue weighted by Crippen LogP contribution is -2.52. The number of hydrogen-bond acceptors (Lipinski definition) is 3. The number of ether oxygens (including phenoxy) is 1. The average Bonchev–Trinajstić information content (AvgIpc) is 2.97. The molecule has 0 aromatic heterocycles. The fourth-order valence-corrected chi connectivity index (χ4v) is 5.88. The minimum Gasteiger partial charge on any atom is -0.373 e. The molecular formula is C26H28N2O2. The highest BCUT2D eigenvalue weighted by Crippen LogP contribution is 2.53. The highest BCUT2D eigenvalue weighted by Gasteiger charge is 2.55. The van der Waals surface area contributed by atoms with Crippen molar-refractivity contribution in [3.63, 3.8) is 0 Å². The van der Waals surface area contributed by atoms with Crippen molar-refractivity contribution in [2.24, 2.45) is 17.6 Å². The zero-order valence-electron chi connectivity index (χ0n) is 17.4. The molecule has 3 aromatic rings. The van der Waals surface area contributed by atoms with E-state index in [0.29, 0.717) is 17.4 Å². The molecule has 2 atom stereocenters. The van der Waals surface area contributed by atoms with Gasteiger partial charge < -0.3 is 10.5 Å². The second-order valence-corrected chi connectivity index (χ2v) is 8.79. The molecular weight excluding hydrogens is 372 g/mol. The number of piperidine rings is 1. The first-order chi connectivity index (χ1) is 14.6. The predicted molar refractivity (Wildman–Crippen MR) is 119 cm³/mol. The SMILES string of the molecule is COC1(c2cccc(C(N)=O)c2)C2CCC1CN(Cc1ccc3ccccc3c1)C2. The van der Waals surface area contributed by atoms with Gasteiger partial charge in [0, 0.05) is 44.1 Å². The zero-order chi connectivity index (χ0) is 20.7. The van der Waals surface area contributed by atoms with Crippen LogP contribution in [-0.2, 0) is 16.9 Å². The third-order valence-electron chi connectivity index (χ3n) is 7.19. The summed E-state index contributed by atoms with van der Waals surface area (Å²) in [5, 5.41) is 2.58. The van der Waals surface area contributed by atoms with Crippen LogP contribution >= 0.6 is 0 Å². The first-order valence-corrected chi connectivity index (χ1v) is 10.8. The Morgan fingerprint density at radius 1 is 1.00 bits per heavy atom. The van der Waals surface area contributed by atoms with Crippen LogP contribution in [0.3, 0.4) is 0 Å². The van der Waals surface area contributed by atoms with Crippen molar-refractivity contribution in [1.82, 2.24) is 4.90 Å². The third kappa shape index (κ3) is 3.11. The Hall–Kier alpha value is -2.69. The highest BCUT2D eigenvalue weighted by atomic mass is 16.5. The number of benzene rings is 3. The predicted octanol–water partition coefficient (Wildman–Crippen LogP) is 4.32. The lowest BCUT2D eigenvalue weighted by Gasteiger charge is -2.47. The quantitative estimate of drug-likeness (QED) is 0.694. The van der Waals surface area contributed by atoms with Gasteiger partial charge in [-0.25, -0.2) is 0 Å². The maximum atomic E-state index is 11.7. The summed E-state index contributed by atoms with van der Waals surface area (Å²) in [7, 11) is 1.82. The number of hydrogen-bond donors (Lipinski definition) is 1. The normalized spacial score (nSPS) is 26.2. The number of carbonyl (C=O) groups is 1. The number of rotatable bonds is 5. The summed E-state index contributed by atoms with van der Waals surface area (Å²) in [5.41, 5.74) is 8.22. The minimum absolute atomic E-state index is 0.328. The van der Waals surface area contributed by atoms with Gasteiger partial charge in [-0.15, -0.1) is 0 Å². The van der Waals surface area contributed by atoms with E-state index in [-0.39, 0.29) is 11.5 Å². The van der Waals surface area contributed by atoms with Gasteiger partial charge in [0.15, 0.2) is 0 Å². The maximum Gasteiger partial charge on any atom is 0.248 e. The van der Waals surface area contributed by atoms with Crippen molar-refractivity contribution in [2.75, 3.05) is 20.2 Å². The number of fused-ring (bicyclic) bond motifs is 3. The van der Waals surface area contributed by atoms with Gasteiger partial charge in [-0.05, 0) is 52.9 Å². The second-order valence-electron chi connectivity index (χ2n) is 8.79. The van der Waals surface area contributed by atoms with E-state index in [4.69, 9.17) is 10.5 Å². The molecule has 2 unspecified atom stereocenters. The molecule has 1 aliphatic carbocycles. The molecule has 1 saturated carbocycles. The summed E-state index contributed by atoms with van der Waals surface area (Å²) >= 11 is 0. The van der Waals surface area contributed by atoms with Gasteiger partial charge in [-0.1, -0.05) is 48.5 Å². The van der Waals surface area contributed by atoms with E-state index in [2.05, 4.69) is 53.4 Å². The summed E-state index contributed by atoms with van der Waals surface area (Å²) in [4.78, 5) is 14.3.